The number of rotatable bonds is 3. The first-order chi connectivity index (χ1) is 8.40. The summed E-state index contributed by atoms with van der Waals surface area (Å²) in [4.78, 5) is 21.3. The molecular weight excluding hydrogens is 240 g/mol. The highest BCUT2D eigenvalue weighted by Gasteiger charge is 2.07. The van der Waals surface area contributed by atoms with Crippen LogP contribution in [0.5, 0.6) is 0 Å². The van der Waals surface area contributed by atoms with E-state index in [1.165, 1.54) is 6.92 Å². The number of nitrogens with two attached hydrogens (primary N) is 2. The maximum atomic E-state index is 10.3. The van der Waals surface area contributed by atoms with E-state index in [0.717, 1.165) is 0 Å². The summed E-state index contributed by atoms with van der Waals surface area (Å²) in [6, 6.07) is 0. The molecule has 0 spiro atoms. The van der Waals surface area contributed by atoms with Crippen LogP contribution >= 0.6 is 0 Å². The minimum absolute atomic E-state index is 0.122. The topological polar surface area (TPSA) is 149 Å². The second kappa shape index (κ2) is 8.01. The average molecular weight is 258 g/mol. The number of ether oxygens (including phenoxy) is 1. The molecule has 1 atom stereocenters. The van der Waals surface area contributed by atoms with Crippen molar-refractivity contribution in [3.05, 3.63) is 0 Å². The molecule has 9 nitrogen and oxygen atoms in total. The minimum atomic E-state index is -0.991. The van der Waals surface area contributed by atoms with E-state index in [2.05, 4.69) is 25.0 Å². The van der Waals surface area contributed by atoms with E-state index in [4.69, 9.17) is 16.6 Å². The number of anilines is 3. The van der Waals surface area contributed by atoms with Crippen LogP contribution < -0.4 is 16.8 Å². The third kappa shape index (κ3) is 6.43. The van der Waals surface area contributed by atoms with Crippen molar-refractivity contribution in [1.82, 2.24) is 15.0 Å². The summed E-state index contributed by atoms with van der Waals surface area (Å²) < 4.78 is 4.41. The van der Waals surface area contributed by atoms with Gasteiger partial charge in [0, 0.05) is 7.05 Å². The highest BCUT2D eigenvalue weighted by atomic mass is 16.5. The molecule has 0 aliphatic rings. The van der Waals surface area contributed by atoms with Crippen molar-refractivity contribution in [2.75, 3.05) is 30.4 Å². The fraction of sp³-hybridized carbons (Fsp3) is 0.556. The second-order valence-electron chi connectivity index (χ2n) is 3.05. The Hall–Kier alpha value is -2.16. The fourth-order valence-electron chi connectivity index (χ4n) is 0.784. The fourth-order valence-corrected chi connectivity index (χ4v) is 0.784. The zero-order valence-corrected chi connectivity index (χ0v) is 10.5. The maximum Gasteiger partial charge on any atom is 0.334 e. The summed E-state index contributed by atoms with van der Waals surface area (Å²) >= 11 is 0. The van der Waals surface area contributed by atoms with Crippen LogP contribution in [0.3, 0.4) is 0 Å². The van der Waals surface area contributed by atoms with Crippen molar-refractivity contribution in [2.45, 2.75) is 20.0 Å². The summed E-state index contributed by atoms with van der Waals surface area (Å²) in [6.07, 6.45) is -0.991. The molecule has 0 amide bonds. The summed E-state index contributed by atoms with van der Waals surface area (Å²) in [5.41, 5.74) is 10.5. The molecule has 1 heterocycles. The van der Waals surface area contributed by atoms with Crippen LogP contribution in [-0.2, 0) is 9.53 Å². The molecule has 0 fully saturated rings. The number of nitrogens with one attached hydrogen (secondary N) is 1. The first-order valence-corrected chi connectivity index (χ1v) is 5.20. The lowest BCUT2D eigenvalue weighted by Gasteiger charge is -2.01. The quantitative estimate of drug-likeness (QED) is 0.501. The number of esters is 1. The second-order valence-corrected chi connectivity index (χ2v) is 3.05. The predicted octanol–water partition coefficient (Wildman–Crippen LogP) is -0.992. The third-order valence-electron chi connectivity index (χ3n) is 1.52. The first-order valence-electron chi connectivity index (χ1n) is 5.20. The molecule has 0 bridgehead atoms. The third-order valence-corrected chi connectivity index (χ3v) is 1.52. The number of aliphatic hydroxyl groups is 1. The SMILES string of the molecule is CCOC(=O)C(C)O.CNc1nc(N)nc(N)n1. The van der Waals surface area contributed by atoms with E-state index in [1.54, 1.807) is 14.0 Å². The Bertz CT molecular complexity index is 364. The van der Waals surface area contributed by atoms with Gasteiger partial charge in [0.2, 0.25) is 17.8 Å². The van der Waals surface area contributed by atoms with E-state index >= 15 is 0 Å². The van der Waals surface area contributed by atoms with Gasteiger partial charge in [0.05, 0.1) is 6.61 Å². The van der Waals surface area contributed by atoms with E-state index in [1.807, 2.05) is 0 Å². The standard InChI is InChI=1S/C5H10O3.C4H8N6/c1-3-8-5(7)4(2)6;1-7-4-9-2(5)8-3(6)10-4/h4,6H,3H2,1-2H3;1H3,(H5,5,6,7,8,9,10). The molecule has 1 unspecified atom stereocenters. The monoisotopic (exact) mass is 258 g/mol. The first kappa shape index (κ1) is 15.8. The van der Waals surface area contributed by atoms with Crippen LogP contribution in [0.25, 0.3) is 0 Å². The number of nitrogens with zero attached hydrogens (tertiary/aromatic N) is 3. The molecule has 0 saturated heterocycles. The number of nitrogen functional groups attached to an aromatic ring is 2. The molecular formula is C9H18N6O3. The van der Waals surface area contributed by atoms with E-state index in [0.29, 0.717) is 12.6 Å². The molecule has 18 heavy (non-hydrogen) atoms. The lowest BCUT2D eigenvalue weighted by molar-refractivity contribution is -0.151. The minimum Gasteiger partial charge on any atom is -0.464 e. The van der Waals surface area contributed by atoms with Crippen LogP contribution in [0.1, 0.15) is 13.8 Å². The van der Waals surface area contributed by atoms with Gasteiger partial charge in [0.1, 0.15) is 6.10 Å². The molecule has 1 aromatic rings. The highest BCUT2D eigenvalue weighted by Crippen LogP contribution is 2.00. The number of hydrogen-bond donors (Lipinski definition) is 4. The van der Waals surface area contributed by atoms with Crippen molar-refractivity contribution in [1.29, 1.82) is 0 Å². The Morgan fingerprint density at radius 2 is 1.89 bits per heavy atom. The molecule has 0 aliphatic heterocycles. The molecule has 0 radical (unpaired) electrons. The van der Waals surface area contributed by atoms with E-state index in [9.17, 15) is 4.79 Å². The summed E-state index contributed by atoms with van der Waals surface area (Å²) in [7, 11) is 1.67. The van der Waals surface area contributed by atoms with Gasteiger partial charge in [-0.3, -0.25) is 0 Å². The highest BCUT2D eigenvalue weighted by molar-refractivity contribution is 5.73. The Morgan fingerprint density at radius 1 is 1.39 bits per heavy atom. The van der Waals surface area contributed by atoms with Crippen molar-refractivity contribution in [2.24, 2.45) is 0 Å². The van der Waals surface area contributed by atoms with Crippen molar-refractivity contribution < 1.29 is 14.6 Å². The van der Waals surface area contributed by atoms with Crippen LogP contribution in [0, 0.1) is 0 Å². The normalized spacial score (nSPS) is 10.9. The Morgan fingerprint density at radius 3 is 2.17 bits per heavy atom. The van der Waals surface area contributed by atoms with Crippen molar-refractivity contribution >= 4 is 23.8 Å². The van der Waals surface area contributed by atoms with Gasteiger partial charge in [-0.1, -0.05) is 0 Å². The van der Waals surface area contributed by atoms with Crippen LogP contribution in [0.2, 0.25) is 0 Å². The zero-order valence-electron chi connectivity index (χ0n) is 10.5. The molecule has 6 N–H and O–H groups in total. The Balaban J connectivity index is 0.000000331. The van der Waals surface area contributed by atoms with Gasteiger partial charge in [0.25, 0.3) is 0 Å². The Kier molecular flexibility index (Phi) is 7.05. The van der Waals surface area contributed by atoms with Crippen molar-refractivity contribution in [3.8, 4) is 0 Å². The smallest absolute Gasteiger partial charge is 0.334 e. The number of aliphatic hydroxyl groups excluding tert-OH is 1. The van der Waals surface area contributed by atoms with Gasteiger partial charge in [0.15, 0.2) is 0 Å². The molecule has 9 heteroatoms. The average Bonchev–Trinajstić information content (AvgIpc) is 2.28. The summed E-state index contributed by atoms with van der Waals surface area (Å²) in [5.74, 6) is 0.0613. The van der Waals surface area contributed by atoms with Gasteiger partial charge < -0.3 is 26.6 Å². The number of carbonyl (C=O) groups excluding carboxylic acids is 1. The van der Waals surface area contributed by atoms with Gasteiger partial charge in [-0.05, 0) is 13.8 Å². The molecule has 0 aliphatic carbocycles. The number of carbonyl (C=O) groups is 1. The van der Waals surface area contributed by atoms with E-state index in [-0.39, 0.29) is 11.9 Å². The molecule has 102 valence electrons. The van der Waals surface area contributed by atoms with Crippen LogP contribution in [-0.4, -0.2) is 45.8 Å². The maximum absolute atomic E-state index is 10.3. The summed E-state index contributed by atoms with van der Waals surface area (Å²) in [6.45, 7) is 3.39. The largest absolute Gasteiger partial charge is 0.464 e. The summed E-state index contributed by atoms with van der Waals surface area (Å²) in [5, 5.41) is 11.2. The zero-order chi connectivity index (χ0) is 14.1. The van der Waals surface area contributed by atoms with Gasteiger partial charge in [-0.2, -0.15) is 15.0 Å². The van der Waals surface area contributed by atoms with E-state index < -0.39 is 12.1 Å². The lowest BCUT2D eigenvalue weighted by atomic mass is 10.4. The van der Waals surface area contributed by atoms with Crippen LogP contribution in [0.4, 0.5) is 17.8 Å². The number of aromatic nitrogens is 3. The lowest BCUT2D eigenvalue weighted by Crippen LogP contribution is -2.18. The number of hydrogen-bond acceptors (Lipinski definition) is 9. The molecule has 1 aromatic heterocycles. The molecule has 0 saturated carbocycles. The Labute approximate surface area is 105 Å². The van der Waals surface area contributed by atoms with Gasteiger partial charge in [-0.15, -0.1) is 0 Å². The van der Waals surface area contributed by atoms with Crippen molar-refractivity contribution in [3.63, 3.8) is 0 Å². The predicted molar refractivity (Wildman–Crippen MR) is 66.5 cm³/mol. The van der Waals surface area contributed by atoms with Gasteiger partial charge in [-0.25, -0.2) is 4.79 Å². The van der Waals surface area contributed by atoms with Crippen LogP contribution in [0.15, 0.2) is 0 Å². The van der Waals surface area contributed by atoms with Gasteiger partial charge >= 0.3 is 5.97 Å². The molecule has 0 aromatic carbocycles. The molecule has 1 rings (SSSR count).